The van der Waals surface area contributed by atoms with Gasteiger partial charge in [0.15, 0.2) is 0 Å². The Labute approximate surface area is 119 Å². The van der Waals surface area contributed by atoms with Crippen molar-refractivity contribution in [2.45, 2.75) is 19.1 Å². The molecule has 0 saturated heterocycles. The molecule has 1 aliphatic rings. The van der Waals surface area contributed by atoms with Gasteiger partial charge in [-0.25, -0.2) is 9.18 Å². The van der Waals surface area contributed by atoms with E-state index in [4.69, 9.17) is 9.84 Å². The summed E-state index contributed by atoms with van der Waals surface area (Å²) in [6.45, 7) is 1.18. The number of amides is 2. The van der Waals surface area contributed by atoms with Crippen molar-refractivity contribution in [2.75, 3.05) is 11.4 Å². The highest BCUT2D eigenvalue weighted by Gasteiger charge is 2.37. The van der Waals surface area contributed by atoms with Crippen LogP contribution < -0.4 is 15.0 Å². The van der Waals surface area contributed by atoms with Crippen LogP contribution in [0.15, 0.2) is 18.2 Å². The predicted octanol–water partition coefficient (Wildman–Crippen LogP) is 0.775. The molecule has 1 aliphatic heterocycles. The molecular weight excluding hydrogens is 283 g/mol. The molecule has 0 aromatic heterocycles. The molecular formula is C13H13FN2O5. The first kappa shape index (κ1) is 14.8. The van der Waals surface area contributed by atoms with E-state index in [0.717, 1.165) is 17.0 Å². The van der Waals surface area contributed by atoms with Crippen LogP contribution in [0.25, 0.3) is 0 Å². The average molecular weight is 296 g/mol. The number of benzene rings is 1. The number of hydrogen-bond acceptors (Lipinski definition) is 4. The van der Waals surface area contributed by atoms with E-state index in [9.17, 15) is 18.8 Å². The Bertz CT molecular complexity index is 592. The van der Waals surface area contributed by atoms with Crippen molar-refractivity contribution in [1.29, 1.82) is 0 Å². The molecule has 2 rings (SSSR count). The summed E-state index contributed by atoms with van der Waals surface area (Å²) in [6, 6.07) is 2.35. The number of carbonyl (C=O) groups excluding carboxylic acids is 2. The fraction of sp³-hybridized carbons (Fsp3) is 0.308. The minimum absolute atomic E-state index is 0.0913. The van der Waals surface area contributed by atoms with Gasteiger partial charge < -0.3 is 20.0 Å². The number of nitrogens with zero attached hydrogens (tertiary/aromatic N) is 1. The normalized spacial score (nSPS) is 21.0. The van der Waals surface area contributed by atoms with Crippen LogP contribution in [0.5, 0.6) is 5.75 Å². The zero-order valence-corrected chi connectivity index (χ0v) is 11.1. The largest absolute Gasteiger partial charge is 0.486 e. The van der Waals surface area contributed by atoms with Crippen molar-refractivity contribution < 1.29 is 28.6 Å². The first-order valence-corrected chi connectivity index (χ1v) is 6.14. The summed E-state index contributed by atoms with van der Waals surface area (Å²) in [6.07, 6.45) is -1.73. The number of rotatable bonds is 3. The van der Waals surface area contributed by atoms with Gasteiger partial charge in [-0.1, -0.05) is 0 Å². The zero-order valence-electron chi connectivity index (χ0n) is 11.1. The summed E-state index contributed by atoms with van der Waals surface area (Å²) in [4.78, 5) is 35.0. The summed E-state index contributed by atoms with van der Waals surface area (Å²) in [5, 5.41) is 10.9. The highest BCUT2D eigenvalue weighted by Crippen LogP contribution is 2.33. The molecule has 2 atom stereocenters. The van der Waals surface area contributed by atoms with Crippen molar-refractivity contribution in [3.05, 3.63) is 24.0 Å². The van der Waals surface area contributed by atoms with Crippen LogP contribution in [0.4, 0.5) is 14.9 Å². The van der Waals surface area contributed by atoms with Gasteiger partial charge in [-0.15, -0.1) is 0 Å². The van der Waals surface area contributed by atoms with Crippen molar-refractivity contribution in [1.82, 2.24) is 5.32 Å². The van der Waals surface area contributed by atoms with Crippen molar-refractivity contribution in [2.24, 2.45) is 0 Å². The third-order valence-corrected chi connectivity index (χ3v) is 3.06. The Balaban J connectivity index is 2.48. The molecule has 8 heteroatoms. The minimum Gasteiger partial charge on any atom is -0.486 e. The lowest BCUT2D eigenvalue weighted by atomic mass is 10.1. The van der Waals surface area contributed by atoms with Crippen LogP contribution in [-0.2, 0) is 9.59 Å². The van der Waals surface area contributed by atoms with Gasteiger partial charge in [0.2, 0.25) is 0 Å². The zero-order chi connectivity index (χ0) is 15.6. The Kier molecular flexibility index (Phi) is 4.06. The molecule has 2 N–H and O–H groups in total. The van der Waals surface area contributed by atoms with E-state index in [1.54, 1.807) is 0 Å². The van der Waals surface area contributed by atoms with Gasteiger partial charge in [0, 0.05) is 6.07 Å². The number of hydrogen-bond donors (Lipinski definition) is 2. The lowest BCUT2D eigenvalue weighted by Gasteiger charge is -2.23. The molecule has 0 fully saturated rings. The summed E-state index contributed by atoms with van der Waals surface area (Å²) in [7, 11) is 0. The van der Waals surface area contributed by atoms with E-state index in [1.807, 2.05) is 5.32 Å². The number of carboxylic acid groups (broad SMARTS) is 1. The van der Waals surface area contributed by atoms with E-state index in [0.29, 0.717) is 6.29 Å². The Morgan fingerprint density at radius 1 is 1.57 bits per heavy atom. The highest BCUT2D eigenvalue weighted by molar-refractivity contribution is 6.02. The summed E-state index contributed by atoms with van der Waals surface area (Å²) in [5.74, 6) is -1.08. The van der Waals surface area contributed by atoms with Gasteiger partial charge in [-0.2, -0.15) is 0 Å². The van der Waals surface area contributed by atoms with Gasteiger partial charge >= 0.3 is 6.09 Å². The second-order valence-corrected chi connectivity index (χ2v) is 4.48. The van der Waals surface area contributed by atoms with Crippen LogP contribution in [0, 0.1) is 5.82 Å². The lowest BCUT2D eigenvalue weighted by molar-refractivity contribution is -0.122. The number of anilines is 1. The molecule has 112 valence electrons. The molecule has 0 radical (unpaired) electrons. The molecule has 1 aromatic carbocycles. The quantitative estimate of drug-likeness (QED) is 0.803. The van der Waals surface area contributed by atoms with Crippen LogP contribution >= 0.6 is 0 Å². The molecule has 0 saturated carbocycles. The highest BCUT2D eigenvalue weighted by atomic mass is 19.1. The number of nitrogens with one attached hydrogen (secondary N) is 1. The molecule has 2 amide bonds. The topological polar surface area (TPSA) is 95.9 Å². The van der Waals surface area contributed by atoms with Gasteiger partial charge in [-0.3, -0.25) is 9.69 Å². The predicted molar refractivity (Wildman–Crippen MR) is 69.9 cm³/mol. The van der Waals surface area contributed by atoms with Gasteiger partial charge in [0.1, 0.15) is 30.0 Å². The Hall–Kier alpha value is -2.64. The molecule has 1 aromatic rings. The molecule has 7 nitrogen and oxygen atoms in total. The third-order valence-electron chi connectivity index (χ3n) is 3.06. The second-order valence-electron chi connectivity index (χ2n) is 4.48. The number of ether oxygens (including phenoxy) is 1. The average Bonchev–Trinajstić information content (AvgIpc) is 2.50. The Morgan fingerprint density at radius 3 is 2.90 bits per heavy atom. The fourth-order valence-electron chi connectivity index (χ4n) is 2.13. The number of fused-ring (bicyclic) bond motifs is 1. The summed E-state index contributed by atoms with van der Waals surface area (Å²) in [5.41, 5.74) is 0.0913. The molecule has 0 spiro atoms. The van der Waals surface area contributed by atoms with E-state index < -0.39 is 30.0 Å². The van der Waals surface area contributed by atoms with Crippen molar-refractivity contribution >= 4 is 24.0 Å². The van der Waals surface area contributed by atoms with E-state index in [1.165, 1.54) is 13.0 Å². The minimum atomic E-state index is -1.40. The van der Waals surface area contributed by atoms with Crippen molar-refractivity contribution in [3.8, 4) is 5.75 Å². The molecule has 1 heterocycles. The number of aldehydes is 1. The standard InChI is InChI=1S/C13H13FN2O5/c1-7-11(15-13(19)20)12(18)16(4-5-17)9-6-8(14)2-3-10(9)21-7/h2-3,5-7,11,15H,4H2,1H3,(H,19,20)/t7-,11+/m1/s1. The number of carbonyl (C=O) groups is 3. The van der Waals surface area contributed by atoms with Gasteiger partial charge in [0.25, 0.3) is 5.91 Å². The summed E-state index contributed by atoms with van der Waals surface area (Å²) >= 11 is 0. The maximum atomic E-state index is 13.4. The van der Waals surface area contributed by atoms with Crippen LogP contribution in [0.3, 0.4) is 0 Å². The van der Waals surface area contributed by atoms with Gasteiger partial charge in [-0.05, 0) is 19.1 Å². The van der Waals surface area contributed by atoms with Crippen LogP contribution in [-0.4, -0.2) is 42.1 Å². The SMILES string of the molecule is C[C@H]1Oc2ccc(F)cc2N(CC=O)C(=O)[C@H]1NC(=O)O. The van der Waals surface area contributed by atoms with Gasteiger partial charge in [0.05, 0.1) is 12.2 Å². The number of halogens is 1. The maximum Gasteiger partial charge on any atom is 0.405 e. The third kappa shape index (κ3) is 2.93. The van der Waals surface area contributed by atoms with Crippen LogP contribution in [0.1, 0.15) is 6.92 Å². The second kappa shape index (κ2) is 5.78. The Morgan fingerprint density at radius 2 is 2.29 bits per heavy atom. The fourth-order valence-corrected chi connectivity index (χ4v) is 2.13. The maximum absolute atomic E-state index is 13.4. The van der Waals surface area contributed by atoms with Crippen molar-refractivity contribution in [3.63, 3.8) is 0 Å². The van der Waals surface area contributed by atoms with Crippen LogP contribution in [0.2, 0.25) is 0 Å². The molecule has 0 aliphatic carbocycles. The molecule has 0 bridgehead atoms. The van der Waals surface area contributed by atoms with E-state index in [-0.39, 0.29) is 18.0 Å². The van der Waals surface area contributed by atoms with E-state index in [2.05, 4.69) is 0 Å². The smallest absolute Gasteiger partial charge is 0.405 e. The lowest BCUT2D eigenvalue weighted by Crippen LogP contribution is -2.54. The van der Waals surface area contributed by atoms with E-state index >= 15 is 0 Å². The first-order chi connectivity index (χ1) is 9.93. The molecule has 21 heavy (non-hydrogen) atoms. The molecule has 0 unspecified atom stereocenters. The monoisotopic (exact) mass is 296 g/mol. The first-order valence-electron chi connectivity index (χ1n) is 6.14. The summed E-state index contributed by atoms with van der Waals surface area (Å²) < 4.78 is 18.9.